The van der Waals surface area contributed by atoms with E-state index in [4.69, 9.17) is 5.73 Å². The first-order chi connectivity index (χ1) is 9.93. The number of rotatable bonds is 4. The number of nitrogens with two attached hydrogens (primary N) is 1. The van der Waals surface area contributed by atoms with Crippen molar-refractivity contribution in [1.29, 1.82) is 0 Å². The summed E-state index contributed by atoms with van der Waals surface area (Å²) < 4.78 is 26.7. The molecule has 1 amide bonds. The largest absolute Gasteiger partial charge is 0.330 e. The van der Waals surface area contributed by atoms with Gasteiger partial charge in [0.2, 0.25) is 15.9 Å². The minimum atomic E-state index is -3.49. The summed E-state index contributed by atoms with van der Waals surface area (Å²) in [5.41, 5.74) is 6.24. The lowest BCUT2D eigenvalue weighted by Crippen LogP contribution is -2.41. The zero-order valence-corrected chi connectivity index (χ0v) is 12.9. The molecule has 0 spiro atoms. The van der Waals surface area contributed by atoms with E-state index in [0.29, 0.717) is 25.3 Å². The Morgan fingerprint density at radius 1 is 1.38 bits per heavy atom. The minimum Gasteiger partial charge on any atom is -0.330 e. The predicted molar refractivity (Wildman–Crippen MR) is 81.3 cm³/mol. The van der Waals surface area contributed by atoms with Gasteiger partial charge < -0.3 is 11.1 Å². The van der Waals surface area contributed by atoms with Crippen molar-refractivity contribution in [3.63, 3.8) is 0 Å². The molecule has 1 atom stereocenters. The molecule has 0 aromatic heterocycles. The van der Waals surface area contributed by atoms with E-state index in [0.717, 1.165) is 12.8 Å². The first-order valence-corrected chi connectivity index (χ1v) is 8.45. The molecule has 1 heterocycles. The SMILES string of the molecule is CC(=O)Nc1ccc(S(=O)(=O)N2CCCC(CN)C2)cc1. The maximum atomic E-state index is 12.6. The molecule has 3 N–H and O–H groups in total. The highest BCUT2D eigenvalue weighted by molar-refractivity contribution is 7.89. The quantitative estimate of drug-likeness (QED) is 0.868. The van der Waals surface area contributed by atoms with Gasteiger partial charge in [-0.15, -0.1) is 0 Å². The Bertz CT molecular complexity index is 598. The van der Waals surface area contributed by atoms with Gasteiger partial charge in [0.1, 0.15) is 0 Å². The second-order valence-corrected chi connectivity index (χ2v) is 7.25. The van der Waals surface area contributed by atoms with Crippen molar-refractivity contribution in [3.05, 3.63) is 24.3 Å². The van der Waals surface area contributed by atoms with Crippen LogP contribution in [0.3, 0.4) is 0 Å². The second-order valence-electron chi connectivity index (χ2n) is 5.31. The van der Waals surface area contributed by atoms with E-state index in [1.165, 1.54) is 23.4 Å². The molecule has 7 heteroatoms. The average molecular weight is 311 g/mol. The molecule has 0 bridgehead atoms. The van der Waals surface area contributed by atoms with E-state index in [1.807, 2.05) is 0 Å². The minimum absolute atomic E-state index is 0.188. The number of anilines is 1. The van der Waals surface area contributed by atoms with Crippen molar-refractivity contribution in [2.24, 2.45) is 11.7 Å². The van der Waals surface area contributed by atoms with Gasteiger partial charge >= 0.3 is 0 Å². The molecule has 21 heavy (non-hydrogen) atoms. The lowest BCUT2D eigenvalue weighted by Gasteiger charge is -2.31. The molecular formula is C14H21N3O3S. The summed E-state index contributed by atoms with van der Waals surface area (Å²) in [6.45, 7) is 2.93. The number of piperidine rings is 1. The van der Waals surface area contributed by atoms with Crippen molar-refractivity contribution in [3.8, 4) is 0 Å². The Hall–Kier alpha value is -1.44. The van der Waals surface area contributed by atoms with Gasteiger partial charge in [-0.25, -0.2) is 8.42 Å². The monoisotopic (exact) mass is 311 g/mol. The summed E-state index contributed by atoms with van der Waals surface area (Å²) in [5.74, 6) is 0.0413. The van der Waals surface area contributed by atoms with Crippen LogP contribution in [0, 0.1) is 5.92 Å². The van der Waals surface area contributed by atoms with E-state index < -0.39 is 10.0 Å². The van der Waals surface area contributed by atoms with Crippen LogP contribution in [-0.2, 0) is 14.8 Å². The number of nitrogens with one attached hydrogen (secondary N) is 1. The molecule has 0 aliphatic carbocycles. The third-order valence-electron chi connectivity index (χ3n) is 3.63. The van der Waals surface area contributed by atoms with Gasteiger partial charge in [0, 0.05) is 25.7 Å². The lowest BCUT2D eigenvalue weighted by atomic mass is 10.0. The smallest absolute Gasteiger partial charge is 0.243 e. The van der Waals surface area contributed by atoms with Gasteiger partial charge in [-0.2, -0.15) is 4.31 Å². The van der Waals surface area contributed by atoms with Crippen LogP contribution in [0.2, 0.25) is 0 Å². The molecule has 1 aliphatic rings. The molecule has 1 fully saturated rings. The Morgan fingerprint density at radius 2 is 2.05 bits per heavy atom. The normalized spacial score (nSPS) is 20.2. The van der Waals surface area contributed by atoms with Crippen molar-refractivity contribution < 1.29 is 13.2 Å². The Kier molecular flexibility index (Phi) is 4.97. The van der Waals surface area contributed by atoms with Crippen LogP contribution >= 0.6 is 0 Å². The van der Waals surface area contributed by atoms with Gasteiger partial charge in [-0.1, -0.05) is 0 Å². The standard InChI is InChI=1S/C14H21N3O3S/c1-11(18)16-13-4-6-14(7-5-13)21(19,20)17-8-2-3-12(9-15)10-17/h4-7,12H,2-3,8-10,15H2,1H3,(H,16,18). The van der Waals surface area contributed by atoms with Crippen LogP contribution in [0.4, 0.5) is 5.69 Å². The summed E-state index contributed by atoms with van der Waals surface area (Å²) in [4.78, 5) is 11.2. The predicted octanol–water partition coefficient (Wildman–Crippen LogP) is 1.00. The molecule has 1 saturated heterocycles. The molecule has 0 saturated carbocycles. The topological polar surface area (TPSA) is 92.5 Å². The zero-order valence-electron chi connectivity index (χ0n) is 12.1. The van der Waals surface area contributed by atoms with Crippen molar-refractivity contribution in [2.75, 3.05) is 25.0 Å². The van der Waals surface area contributed by atoms with Crippen molar-refractivity contribution in [2.45, 2.75) is 24.7 Å². The van der Waals surface area contributed by atoms with Crippen LogP contribution in [0.1, 0.15) is 19.8 Å². The van der Waals surface area contributed by atoms with Crippen LogP contribution in [0.25, 0.3) is 0 Å². The average Bonchev–Trinajstić information content (AvgIpc) is 2.47. The van der Waals surface area contributed by atoms with Gasteiger partial charge in [-0.3, -0.25) is 4.79 Å². The lowest BCUT2D eigenvalue weighted by molar-refractivity contribution is -0.114. The molecule has 1 aromatic carbocycles. The number of carbonyl (C=O) groups is 1. The molecule has 2 rings (SSSR count). The first-order valence-electron chi connectivity index (χ1n) is 7.01. The summed E-state index contributed by atoms with van der Waals surface area (Å²) in [7, 11) is -3.49. The zero-order chi connectivity index (χ0) is 15.5. The van der Waals surface area contributed by atoms with Gasteiger partial charge in [0.15, 0.2) is 0 Å². The molecule has 0 radical (unpaired) electrons. The Balaban J connectivity index is 2.17. The maximum Gasteiger partial charge on any atom is 0.243 e. The number of carbonyl (C=O) groups excluding carboxylic acids is 1. The van der Waals surface area contributed by atoms with Crippen LogP contribution in [0.15, 0.2) is 29.2 Å². The first kappa shape index (κ1) is 15.9. The van der Waals surface area contributed by atoms with Crippen LogP contribution < -0.4 is 11.1 Å². The third-order valence-corrected chi connectivity index (χ3v) is 5.51. The summed E-state index contributed by atoms with van der Waals surface area (Å²) in [6, 6.07) is 6.23. The van der Waals surface area contributed by atoms with Crippen LogP contribution in [-0.4, -0.2) is 38.3 Å². The second kappa shape index (κ2) is 6.55. The highest BCUT2D eigenvalue weighted by atomic mass is 32.2. The Morgan fingerprint density at radius 3 is 2.62 bits per heavy atom. The number of benzene rings is 1. The summed E-state index contributed by atoms with van der Waals surface area (Å²) in [6.07, 6.45) is 1.81. The van der Waals surface area contributed by atoms with Gasteiger partial charge in [0.25, 0.3) is 0 Å². The van der Waals surface area contributed by atoms with E-state index >= 15 is 0 Å². The van der Waals surface area contributed by atoms with E-state index in [9.17, 15) is 13.2 Å². The van der Waals surface area contributed by atoms with E-state index in [1.54, 1.807) is 12.1 Å². The van der Waals surface area contributed by atoms with Crippen molar-refractivity contribution in [1.82, 2.24) is 4.31 Å². The van der Waals surface area contributed by atoms with Crippen LogP contribution in [0.5, 0.6) is 0 Å². The fraction of sp³-hybridized carbons (Fsp3) is 0.500. The van der Waals surface area contributed by atoms with E-state index in [-0.39, 0.29) is 16.7 Å². The molecule has 1 unspecified atom stereocenters. The fourth-order valence-corrected chi connectivity index (χ4v) is 4.05. The van der Waals surface area contributed by atoms with Crippen molar-refractivity contribution >= 4 is 21.6 Å². The molecule has 1 aliphatic heterocycles. The highest BCUT2D eigenvalue weighted by Crippen LogP contribution is 2.24. The number of sulfonamides is 1. The van der Waals surface area contributed by atoms with Gasteiger partial charge in [-0.05, 0) is 49.6 Å². The van der Waals surface area contributed by atoms with Gasteiger partial charge in [0.05, 0.1) is 4.90 Å². The molecular weight excluding hydrogens is 290 g/mol. The number of nitrogens with zero attached hydrogens (tertiary/aromatic N) is 1. The summed E-state index contributed by atoms with van der Waals surface area (Å²) >= 11 is 0. The molecule has 116 valence electrons. The number of hydrogen-bond acceptors (Lipinski definition) is 4. The highest BCUT2D eigenvalue weighted by Gasteiger charge is 2.29. The fourth-order valence-electron chi connectivity index (χ4n) is 2.50. The number of amides is 1. The summed E-state index contributed by atoms with van der Waals surface area (Å²) in [5, 5.41) is 2.62. The van der Waals surface area contributed by atoms with E-state index in [2.05, 4.69) is 5.32 Å². The number of hydrogen-bond donors (Lipinski definition) is 2. The third kappa shape index (κ3) is 3.81. The maximum absolute atomic E-state index is 12.6. The molecule has 6 nitrogen and oxygen atoms in total. The molecule has 1 aromatic rings. The Labute approximate surface area is 125 Å².